The van der Waals surface area contributed by atoms with E-state index < -0.39 is 23.1 Å². The average Bonchev–Trinajstić information content (AvgIpc) is 2.59. The minimum atomic E-state index is -1.26. The molecule has 1 N–H and O–H groups in total. The summed E-state index contributed by atoms with van der Waals surface area (Å²) in [6.45, 7) is 2.54. The van der Waals surface area contributed by atoms with Crippen molar-refractivity contribution in [1.82, 2.24) is 0 Å². The molecule has 0 bridgehead atoms. The summed E-state index contributed by atoms with van der Waals surface area (Å²) in [4.78, 5) is 11.1. The van der Waals surface area contributed by atoms with E-state index in [0.717, 1.165) is 18.9 Å². The van der Waals surface area contributed by atoms with E-state index in [9.17, 15) is 14.4 Å². The molecule has 0 fully saturated rings. The summed E-state index contributed by atoms with van der Waals surface area (Å²) in [5.41, 5.74) is -0.428. The molecule has 1 aliphatic carbocycles. The first-order valence-electron chi connectivity index (χ1n) is 7.92. The van der Waals surface area contributed by atoms with Gasteiger partial charge in [-0.2, -0.15) is 5.26 Å². The van der Waals surface area contributed by atoms with Crippen molar-refractivity contribution in [3.8, 4) is 6.07 Å². The van der Waals surface area contributed by atoms with Crippen LogP contribution in [0.2, 0.25) is 0 Å². The van der Waals surface area contributed by atoms with E-state index in [0.29, 0.717) is 17.7 Å². The molecule has 1 aromatic rings. The number of nitrogens with zero attached hydrogens (tertiary/aromatic N) is 1. The Morgan fingerprint density at radius 1 is 1.46 bits per heavy atom. The molecular formula is C19H20FNO3. The topological polar surface area (TPSA) is 70.3 Å². The molecule has 0 aliphatic heterocycles. The maximum atomic E-state index is 15.0. The molecule has 24 heavy (non-hydrogen) atoms. The second-order valence-electron chi connectivity index (χ2n) is 5.77. The number of halogens is 1. The van der Waals surface area contributed by atoms with Gasteiger partial charge in [-0.05, 0) is 24.1 Å². The van der Waals surface area contributed by atoms with Crippen molar-refractivity contribution in [3.05, 3.63) is 59.4 Å². The zero-order chi connectivity index (χ0) is 17.6. The van der Waals surface area contributed by atoms with Crippen LogP contribution in [-0.4, -0.2) is 24.3 Å². The number of aliphatic carboxylic acids is 1. The molecule has 0 saturated heterocycles. The van der Waals surface area contributed by atoms with Crippen molar-refractivity contribution in [2.24, 2.45) is 5.92 Å². The third kappa shape index (κ3) is 3.55. The lowest BCUT2D eigenvalue weighted by Crippen LogP contribution is -2.35. The molecule has 2 atom stereocenters. The summed E-state index contributed by atoms with van der Waals surface area (Å²) in [5, 5.41) is 18.4. The second kappa shape index (κ2) is 7.89. The summed E-state index contributed by atoms with van der Waals surface area (Å²) in [6.07, 6.45) is 5.85. The molecule has 2 unspecified atom stereocenters. The van der Waals surface area contributed by atoms with Gasteiger partial charge in [0.1, 0.15) is 5.83 Å². The summed E-state index contributed by atoms with van der Waals surface area (Å²) >= 11 is 0. The smallest absolute Gasteiger partial charge is 0.314 e. The first-order chi connectivity index (χ1) is 11.5. The van der Waals surface area contributed by atoms with Crippen LogP contribution in [0.15, 0.2) is 48.3 Å². The van der Waals surface area contributed by atoms with Gasteiger partial charge < -0.3 is 9.84 Å². The van der Waals surface area contributed by atoms with Crippen LogP contribution in [0.1, 0.15) is 30.9 Å². The zero-order valence-corrected chi connectivity index (χ0v) is 13.5. The van der Waals surface area contributed by atoms with E-state index in [2.05, 4.69) is 6.07 Å². The third-order valence-electron chi connectivity index (χ3n) is 4.13. The number of hydrogen-bond acceptors (Lipinski definition) is 3. The molecule has 4 nitrogen and oxygen atoms in total. The minimum absolute atomic E-state index is 0.0247. The Bertz CT molecular complexity index is 705. The van der Waals surface area contributed by atoms with E-state index in [1.165, 1.54) is 12.2 Å². The summed E-state index contributed by atoms with van der Waals surface area (Å²) in [5.74, 6) is -2.73. The van der Waals surface area contributed by atoms with E-state index in [1.54, 1.807) is 24.3 Å². The van der Waals surface area contributed by atoms with Gasteiger partial charge in [0.25, 0.3) is 0 Å². The van der Waals surface area contributed by atoms with Crippen LogP contribution in [-0.2, 0) is 14.9 Å². The third-order valence-corrected chi connectivity index (χ3v) is 4.13. The Morgan fingerprint density at radius 3 is 2.83 bits per heavy atom. The predicted molar refractivity (Wildman–Crippen MR) is 88.0 cm³/mol. The highest BCUT2D eigenvalue weighted by Crippen LogP contribution is 2.40. The van der Waals surface area contributed by atoms with Crippen molar-refractivity contribution >= 4 is 5.97 Å². The predicted octanol–water partition coefficient (Wildman–Crippen LogP) is 3.74. The second-order valence-corrected chi connectivity index (χ2v) is 5.77. The zero-order valence-electron chi connectivity index (χ0n) is 13.5. The number of carboxylic acids is 1. The quantitative estimate of drug-likeness (QED) is 0.611. The lowest BCUT2D eigenvalue weighted by Gasteiger charge is -2.33. The number of carbonyl (C=O) groups is 1. The lowest BCUT2D eigenvalue weighted by atomic mass is 9.73. The summed E-state index contributed by atoms with van der Waals surface area (Å²) in [6, 6.07) is 8.81. The number of rotatable bonds is 7. The fourth-order valence-electron chi connectivity index (χ4n) is 2.73. The number of hydrogen-bond donors (Lipinski definition) is 1. The largest absolute Gasteiger partial charge is 0.481 e. The van der Waals surface area contributed by atoms with Crippen molar-refractivity contribution in [2.75, 3.05) is 13.2 Å². The van der Waals surface area contributed by atoms with Crippen LogP contribution >= 0.6 is 0 Å². The van der Waals surface area contributed by atoms with Crippen LogP contribution in [0.4, 0.5) is 4.39 Å². The van der Waals surface area contributed by atoms with Gasteiger partial charge in [0.2, 0.25) is 0 Å². The number of benzene rings is 1. The van der Waals surface area contributed by atoms with Crippen molar-refractivity contribution in [3.63, 3.8) is 0 Å². The molecule has 0 aromatic heterocycles. The van der Waals surface area contributed by atoms with Gasteiger partial charge in [-0.3, -0.25) is 4.79 Å². The summed E-state index contributed by atoms with van der Waals surface area (Å²) in [7, 11) is 0. The molecule has 0 heterocycles. The minimum Gasteiger partial charge on any atom is -0.481 e. The Balaban J connectivity index is 2.44. The Morgan fingerprint density at radius 2 is 2.21 bits per heavy atom. The molecule has 1 aliphatic rings. The molecule has 0 spiro atoms. The van der Waals surface area contributed by atoms with Gasteiger partial charge >= 0.3 is 5.97 Å². The van der Waals surface area contributed by atoms with E-state index >= 15 is 0 Å². The van der Waals surface area contributed by atoms with Gasteiger partial charge in [0.15, 0.2) is 0 Å². The van der Waals surface area contributed by atoms with Crippen LogP contribution in [0.3, 0.4) is 0 Å². The molecular weight excluding hydrogens is 309 g/mol. The first-order valence-corrected chi connectivity index (χ1v) is 7.92. The maximum absolute atomic E-state index is 15.0. The lowest BCUT2D eigenvalue weighted by molar-refractivity contribution is -0.138. The SMILES string of the molecule is CCCCOCC1(c2ccccc2C#N)C=CC(C(=O)O)C=C1F. The molecule has 0 radical (unpaired) electrons. The Hall–Kier alpha value is -2.45. The van der Waals surface area contributed by atoms with Gasteiger partial charge in [-0.15, -0.1) is 0 Å². The standard InChI is InChI=1S/C19H20FNO3/c1-2-3-10-24-13-19(16-7-5-4-6-15(16)12-21)9-8-14(18(22)23)11-17(19)20/h4-9,11,14H,2-3,10,13H2,1H3,(H,22,23). The number of nitriles is 1. The molecule has 0 amide bonds. The van der Waals surface area contributed by atoms with Crippen molar-refractivity contribution < 1.29 is 19.0 Å². The molecule has 0 saturated carbocycles. The monoisotopic (exact) mass is 329 g/mol. The highest BCUT2D eigenvalue weighted by molar-refractivity contribution is 5.75. The number of ether oxygens (including phenoxy) is 1. The highest BCUT2D eigenvalue weighted by Gasteiger charge is 2.40. The summed E-state index contributed by atoms with van der Waals surface area (Å²) < 4.78 is 20.6. The number of unbranched alkanes of at least 4 members (excludes halogenated alkanes) is 1. The molecule has 126 valence electrons. The molecule has 5 heteroatoms. The van der Waals surface area contributed by atoms with E-state index in [4.69, 9.17) is 9.84 Å². The van der Waals surface area contributed by atoms with Crippen LogP contribution in [0.25, 0.3) is 0 Å². The van der Waals surface area contributed by atoms with Gasteiger partial charge in [-0.25, -0.2) is 4.39 Å². The fraction of sp³-hybridized carbons (Fsp3) is 0.368. The van der Waals surface area contributed by atoms with Gasteiger partial charge in [0, 0.05) is 6.61 Å². The average molecular weight is 329 g/mol. The van der Waals surface area contributed by atoms with Gasteiger partial charge in [-0.1, -0.05) is 43.7 Å². The van der Waals surface area contributed by atoms with Gasteiger partial charge in [0.05, 0.1) is 29.6 Å². The van der Waals surface area contributed by atoms with Crippen molar-refractivity contribution in [2.45, 2.75) is 25.2 Å². The maximum Gasteiger partial charge on any atom is 0.314 e. The molecule has 1 aromatic carbocycles. The highest BCUT2D eigenvalue weighted by atomic mass is 19.1. The van der Waals surface area contributed by atoms with Crippen LogP contribution in [0.5, 0.6) is 0 Å². The van der Waals surface area contributed by atoms with E-state index in [-0.39, 0.29) is 6.61 Å². The van der Waals surface area contributed by atoms with Crippen LogP contribution in [0, 0.1) is 17.2 Å². The first kappa shape index (κ1) is 17.9. The van der Waals surface area contributed by atoms with Crippen LogP contribution < -0.4 is 0 Å². The normalized spacial score (nSPS) is 22.7. The van der Waals surface area contributed by atoms with E-state index in [1.807, 2.05) is 6.92 Å². The fourth-order valence-corrected chi connectivity index (χ4v) is 2.73. The Kier molecular flexibility index (Phi) is 5.88. The number of carboxylic acid groups (broad SMARTS) is 1. The molecule has 2 rings (SSSR count). The van der Waals surface area contributed by atoms with Crippen molar-refractivity contribution in [1.29, 1.82) is 5.26 Å². The Labute approximate surface area is 140 Å².